The van der Waals surface area contributed by atoms with Crippen LogP contribution in [0.1, 0.15) is 59.7 Å². The number of carbonyl (C=O) groups excluding carboxylic acids is 1. The SMILES string of the molecule is COc1c(I)cc(I)cc1C1NC(=O)c2c(sc3c2CCC(C(C)(C)C)C3)N1. The Hall–Kier alpha value is -0.550. The fourth-order valence-electron chi connectivity index (χ4n) is 4.20. The molecule has 2 unspecified atom stereocenters. The van der Waals surface area contributed by atoms with Gasteiger partial charge in [-0.05, 0) is 93.5 Å². The second-order valence-electron chi connectivity index (χ2n) is 8.57. The van der Waals surface area contributed by atoms with Gasteiger partial charge in [0.05, 0.1) is 16.2 Å². The number of methoxy groups -OCH3 is 1. The first kappa shape index (κ1) is 20.7. The Morgan fingerprint density at radius 2 is 1.96 bits per heavy atom. The van der Waals surface area contributed by atoms with Crippen LogP contribution in [-0.4, -0.2) is 13.0 Å². The topological polar surface area (TPSA) is 50.4 Å². The molecule has 150 valence electrons. The average Bonchev–Trinajstić information content (AvgIpc) is 2.98. The number of anilines is 1. The van der Waals surface area contributed by atoms with E-state index in [0.29, 0.717) is 11.3 Å². The number of hydrogen-bond donors (Lipinski definition) is 2. The molecule has 0 saturated heterocycles. The van der Waals surface area contributed by atoms with Gasteiger partial charge in [-0.3, -0.25) is 4.79 Å². The average molecular weight is 622 g/mol. The molecule has 28 heavy (non-hydrogen) atoms. The van der Waals surface area contributed by atoms with E-state index in [1.165, 1.54) is 10.4 Å². The molecule has 2 aromatic rings. The minimum atomic E-state index is -0.281. The van der Waals surface area contributed by atoms with Crippen LogP contribution in [0.4, 0.5) is 5.00 Å². The van der Waals surface area contributed by atoms with Crippen molar-refractivity contribution in [1.82, 2.24) is 5.32 Å². The van der Waals surface area contributed by atoms with Crippen molar-refractivity contribution in [3.8, 4) is 5.75 Å². The van der Waals surface area contributed by atoms with Crippen LogP contribution in [-0.2, 0) is 12.8 Å². The number of carbonyl (C=O) groups is 1. The zero-order chi connectivity index (χ0) is 20.2. The van der Waals surface area contributed by atoms with Crippen LogP contribution in [0, 0.1) is 18.5 Å². The van der Waals surface area contributed by atoms with E-state index in [0.717, 1.165) is 48.3 Å². The first-order valence-corrected chi connectivity index (χ1v) is 12.4. The highest BCUT2D eigenvalue weighted by Crippen LogP contribution is 2.46. The molecule has 4 nitrogen and oxygen atoms in total. The lowest BCUT2D eigenvalue weighted by molar-refractivity contribution is 0.0934. The lowest BCUT2D eigenvalue weighted by Crippen LogP contribution is -2.38. The minimum absolute atomic E-state index is 0.0291. The summed E-state index contributed by atoms with van der Waals surface area (Å²) in [7, 11) is 1.68. The second-order valence-corrected chi connectivity index (χ2v) is 12.1. The number of ether oxygens (including phenoxy) is 1. The van der Waals surface area contributed by atoms with Crippen LogP contribution < -0.4 is 15.4 Å². The Morgan fingerprint density at radius 1 is 1.21 bits per heavy atom. The van der Waals surface area contributed by atoms with Crippen LogP contribution in [0.2, 0.25) is 0 Å². The molecular formula is C21H24I2N2O2S. The minimum Gasteiger partial charge on any atom is -0.495 e. The zero-order valence-electron chi connectivity index (χ0n) is 16.4. The van der Waals surface area contributed by atoms with E-state index in [2.05, 4.69) is 88.7 Å². The van der Waals surface area contributed by atoms with Crippen molar-refractivity contribution >= 4 is 67.4 Å². The molecule has 2 N–H and O–H groups in total. The van der Waals surface area contributed by atoms with E-state index < -0.39 is 0 Å². The molecule has 7 heteroatoms. The van der Waals surface area contributed by atoms with Gasteiger partial charge in [-0.25, -0.2) is 0 Å². The fourth-order valence-corrected chi connectivity index (χ4v) is 7.67. The first-order chi connectivity index (χ1) is 13.2. The largest absolute Gasteiger partial charge is 0.495 e. The van der Waals surface area contributed by atoms with Crippen molar-refractivity contribution in [3.63, 3.8) is 0 Å². The molecule has 1 aromatic heterocycles. The molecule has 0 spiro atoms. The quantitative estimate of drug-likeness (QED) is 0.406. The highest BCUT2D eigenvalue weighted by Gasteiger charge is 2.37. The Labute approximate surface area is 197 Å². The van der Waals surface area contributed by atoms with E-state index in [-0.39, 0.29) is 12.1 Å². The van der Waals surface area contributed by atoms with Crippen molar-refractivity contribution in [2.24, 2.45) is 11.3 Å². The Morgan fingerprint density at radius 3 is 2.64 bits per heavy atom. The summed E-state index contributed by atoms with van der Waals surface area (Å²) in [5, 5.41) is 7.75. The molecule has 0 saturated carbocycles. The smallest absolute Gasteiger partial charge is 0.256 e. The van der Waals surface area contributed by atoms with Crippen molar-refractivity contribution in [2.45, 2.75) is 46.2 Å². The predicted molar refractivity (Wildman–Crippen MR) is 132 cm³/mol. The Balaban J connectivity index is 1.70. The Bertz CT molecular complexity index is 949. The molecule has 0 fully saturated rings. The van der Waals surface area contributed by atoms with Gasteiger partial charge < -0.3 is 15.4 Å². The van der Waals surface area contributed by atoms with Crippen LogP contribution in [0.3, 0.4) is 0 Å². The van der Waals surface area contributed by atoms with Gasteiger partial charge in [0.25, 0.3) is 5.91 Å². The summed E-state index contributed by atoms with van der Waals surface area (Å²) in [5.74, 6) is 1.51. The summed E-state index contributed by atoms with van der Waals surface area (Å²) in [4.78, 5) is 14.4. The number of benzene rings is 1. The number of thiophene rings is 1. The molecule has 4 rings (SSSR count). The van der Waals surface area contributed by atoms with E-state index in [4.69, 9.17) is 4.74 Å². The molecule has 1 aliphatic carbocycles. The van der Waals surface area contributed by atoms with E-state index >= 15 is 0 Å². The van der Waals surface area contributed by atoms with Crippen molar-refractivity contribution in [3.05, 3.63) is 40.8 Å². The van der Waals surface area contributed by atoms with Gasteiger partial charge in [0.2, 0.25) is 0 Å². The number of rotatable bonds is 2. The molecule has 1 aliphatic heterocycles. The van der Waals surface area contributed by atoms with Gasteiger partial charge in [0.1, 0.15) is 16.9 Å². The van der Waals surface area contributed by atoms with Gasteiger partial charge in [-0.2, -0.15) is 0 Å². The number of amides is 1. The monoisotopic (exact) mass is 622 g/mol. The highest BCUT2D eigenvalue weighted by molar-refractivity contribution is 14.1. The van der Waals surface area contributed by atoms with Crippen LogP contribution >= 0.6 is 56.5 Å². The van der Waals surface area contributed by atoms with Gasteiger partial charge in [0, 0.05) is 14.0 Å². The van der Waals surface area contributed by atoms with E-state index in [1.807, 2.05) is 0 Å². The summed E-state index contributed by atoms with van der Waals surface area (Å²) in [6.07, 6.45) is 2.93. The summed E-state index contributed by atoms with van der Waals surface area (Å²) in [6, 6.07) is 4.16. The van der Waals surface area contributed by atoms with Gasteiger partial charge >= 0.3 is 0 Å². The van der Waals surface area contributed by atoms with Crippen LogP contribution in [0.15, 0.2) is 12.1 Å². The summed E-state index contributed by atoms with van der Waals surface area (Å²) >= 11 is 6.36. The number of halogens is 2. The maximum atomic E-state index is 13.1. The fraction of sp³-hybridized carbons (Fsp3) is 0.476. The summed E-state index contributed by atoms with van der Waals surface area (Å²) < 4.78 is 7.81. The molecule has 2 heterocycles. The van der Waals surface area contributed by atoms with Gasteiger partial charge in [-0.1, -0.05) is 20.8 Å². The zero-order valence-corrected chi connectivity index (χ0v) is 21.5. The lowest BCUT2D eigenvalue weighted by atomic mass is 9.72. The van der Waals surface area contributed by atoms with Crippen LogP contribution in [0.25, 0.3) is 0 Å². The molecule has 0 radical (unpaired) electrons. The van der Waals surface area contributed by atoms with E-state index in [1.54, 1.807) is 18.4 Å². The third-order valence-corrected chi connectivity index (χ3v) is 8.43. The molecule has 1 aromatic carbocycles. The molecule has 2 atom stereocenters. The van der Waals surface area contributed by atoms with Crippen molar-refractivity contribution in [1.29, 1.82) is 0 Å². The van der Waals surface area contributed by atoms with Crippen molar-refractivity contribution in [2.75, 3.05) is 12.4 Å². The molecular weight excluding hydrogens is 598 g/mol. The molecule has 0 bridgehead atoms. The Kier molecular flexibility index (Phi) is 5.63. The second kappa shape index (κ2) is 7.61. The van der Waals surface area contributed by atoms with Gasteiger partial charge in [0.15, 0.2) is 0 Å². The molecule has 1 amide bonds. The maximum absolute atomic E-state index is 13.1. The van der Waals surface area contributed by atoms with Crippen molar-refractivity contribution < 1.29 is 9.53 Å². The third-order valence-electron chi connectivity index (χ3n) is 5.82. The highest BCUT2D eigenvalue weighted by atomic mass is 127. The van der Waals surface area contributed by atoms with Gasteiger partial charge in [-0.15, -0.1) is 11.3 Å². The molecule has 2 aliphatic rings. The van der Waals surface area contributed by atoms with Crippen LogP contribution in [0.5, 0.6) is 5.75 Å². The lowest BCUT2D eigenvalue weighted by Gasteiger charge is -2.34. The summed E-state index contributed by atoms with van der Waals surface area (Å²) in [5.41, 5.74) is 3.39. The first-order valence-electron chi connectivity index (χ1n) is 9.44. The number of nitrogens with one attached hydrogen (secondary N) is 2. The normalized spacial score (nSPS) is 21.4. The third kappa shape index (κ3) is 3.66. The standard InChI is InChI=1S/C21H24I2N2O2S/c1-21(2,3)10-5-6-12-15(7-10)28-20-16(12)19(26)24-18(25-20)13-8-11(22)9-14(23)17(13)27-4/h8-10,18,25H,5-7H2,1-4H3,(H,24,26). The summed E-state index contributed by atoms with van der Waals surface area (Å²) in [6.45, 7) is 6.96. The number of fused-ring (bicyclic) bond motifs is 3. The predicted octanol–water partition coefficient (Wildman–Crippen LogP) is 5.97. The maximum Gasteiger partial charge on any atom is 0.256 e. The number of hydrogen-bond acceptors (Lipinski definition) is 4. The van der Waals surface area contributed by atoms with E-state index in [9.17, 15) is 4.79 Å².